The Morgan fingerprint density at radius 3 is 2.84 bits per heavy atom. The lowest BCUT2D eigenvalue weighted by molar-refractivity contribution is 0.396. The molecule has 0 fully saturated rings. The highest BCUT2D eigenvalue weighted by molar-refractivity contribution is 9.10. The van der Waals surface area contributed by atoms with Crippen molar-refractivity contribution < 1.29 is 4.74 Å². The first-order chi connectivity index (χ1) is 9.10. The maximum absolute atomic E-state index is 6.42. The fourth-order valence-electron chi connectivity index (χ4n) is 1.65. The summed E-state index contributed by atoms with van der Waals surface area (Å²) in [4.78, 5) is 8.14. The molecule has 0 aliphatic rings. The van der Waals surface area contributed by atoms with E-state index in [-0.39, 0.29) is 5.38 Å². The zero-order valence-corrected chi connectivity index (χ0v) is 13.2. The SMILES string of the molecule is COc1cc(CC(Cl)c2cc(Cl)ccc2Br)ncn1. The van der Waals surface area contributed by atoms with Gasteiger partial charge >= 0.3 is 0 Å². The number of hydrogen-bond donors (Lipinski definition) is 0. The van der Waals surface area contributed by atoms with Gasteiger partial charge in [0.25, 0.3) is 0 Å². The van der Waals surface area contributed by atoms with E-state index in [1.54, 1.807) is 13.2 Å². The van der Waals surface area contributed by atoms with Gasteiger partial charge in [0.15, 0.2) is 0 Å². The quantitative estimate of drug-likeness (QED) is 0.756. The highest BCUT2D eigenvalue weighted by Gasteiger charge is 2.14. The van der Waals surface area contributed by atoms with Gasteiger partial charge in [-0.2, -0.15) is 0 Å². The molecule has 1 atom stereocenters. The molecule has 1 aromatic carbocycles. The Kier molecular flexibility index (Phi) is 5.02. The number of hydrogen-bond acceptors (Lipinski definition) is 3. The minimum atomic E-state index is -0.229. The van der Waals surface area contributed by atoms with E-state index in [4.69, 9.17) is 27.9 Å². The number of halogens is 3. The Labute approximate surface area is 130 Å². The van der Waals surface area contributed by atoms with E-state index >= 15 is 0 Å². The molecule has 0 N–H and O–H groups in total. The van der Waals surface area contributed by atoms with Crippen molar-refractivity contribution in [3.63, 3.8) is 0 Å². The van der Waals surface area contributed by atoms with Gasteiger partial charge in [-0.05, 0) is 23.8 Å². The highest BCUT2D eigenvalue weighted by Crippen LogP contribution is 2.32. The van der Waals surface area contributed by atoms with Crippen LogP contribution in [-0.4, -0.2) is 17.1 Å². The molecular weight excluding hydrogens is 351 g/mol. The van der Waals surface area contributed by atoms with Gasteiger partial charge in [0, 0.05) is 27.7 Å². The first-order valence-corrected chi connectivity index (χ1v) is 7.15. The van der Waals surface area contributed by atoms with Crippen molar-refractivity contribution in [2.24, 2.45) is 0 Å². The van der Waals surface area contributed by atoms with E-state index in [1.165, 1.54) is 6.33 Å². The molecule has 2 aromatic rings. The van der Waals surface area contributed by atoms with Crippen molar-refractivity contribution in [2.75, 3.05) is 7.11 Å². The van der Waals surface area contributed by atoms with Crippen LogP contribution in [0.15, 0.2) is 35.1 Å². The van der Waals surface area contributed by atoms with Gasteiger partial charge in [-0.15, -0.1) is 11.6 Å². The Morgan fingerprint density at radius 1 is 1.32 bits per heavy atom. The summed E-state index contributed by atoms with van der Waals surface area (Å²) < 4.78 is 5.99. The molecule has 1 heterocycles. The molecule has 0 amide bonds. The minimum absolute atomic E-state index is 0.229. The van der Waals surface area contributed by atoms with Gasteiger partial charge in [0.1, 0.15) is 6.33 Å². The Balaban J connectivity index is 2.20. The van der Waals surface area contributed by atoms with E-state index in [9.17, 15) is 0 Å². The zero-order chi connectivity index (χ0) is 13.8. The van der Waals surface area contributed by atoms with Crippen LogP contribution in [0.3, 0.4) is 0 Å². The molecule has 0 aliphatic heterocycles. The van der Waals surface area contributed by atoms with E-state index in [0.29, 0.717) is 17.3 Å². The molecular formula is C13H11BrCl2N2O. The molecule has 0 saturated carbocycles. The van der Waals surface area contributed by atoms with Crippen LogP contribution >= 0.6 is 39.1 Å². The van der Waals surface area contributed by atoms with Gasteiger partial charge in [-0.3, -0.25) is 0 Å². The topological polar surface area (TPSA) is 35.0 Å². The number of methoxy groups -OCH3 is 1. The fraction of sp³-hybridized carbons (Fsp3) is 0.231. The number of alkyl halides is 1. The normalized spacial score (nSPS) is 12.2. The van der Waals surface area contributed by atoms with Gasteiger partial charge in [-0.1, -0.05) is 27.5 Å². The van der Waals surface area contributed by atoms with Crippen LogP contribution in [0.1, 0.15) is 16.6 Å². The van der Waals surface area contributed by atoms with E-state index in [0.717, 1.165) is 15.7 Å². The van der Waals surface area contributed by atoms with Crippen molar-refractivity contribution >= 4 is 39.1 Å². The Morgan fingerprint density at radius 2 is 2.11 bits per heavy atom. The van der Waals surface area contributed by atoms with E-state index in [1.807, 2.05) is 18.2 Å². The van der Waals surface area contributed by atoms with E-state index in [2.05, 4.69) is 25.9 Å². The molecule has 0 bridgehead atoms. The zero-order valence-electron chi connectivity index (χ0n) is 10.1. The summed E-state index contributed by atoms with van der Waals surface area (Å²) in [6.45, 7) is 0. The van der Waals surface area contributed by atoms with Crippen molar-refractivity contribution in [2.45, 2.75) is 11.8 Å². The van der Waals surface area contributed by atoms with Crippen molar-refractivity contribution in [3.05, 3.63) is 51.3 Å². The van der Waals surface area contributed by atoms with Crippen LogP contribution < -0.4 is 4.74 Å². The summed E-state index contributed by atoms with van der Waals surface area (Å²) in [5.74, 6) is 0.527. The molecule has 0 aliphatic carbocycles. The van der Waals surface area contributed by atoms with Crippen molar-refractivity contribution in [3.8, 4) is 5.88 Å². The third-order valence-electron chi connectivity index (χ3n) is 2.59. The first kappa shape index (κ1) is 14.6. The molecule has 0 spiro atoms. The smallest absolute Gasteiger partial charge is 0.216 e. The number of benzene rings is 1. The largest absolute Gasteiger partial charge is 0.481 e. The third kappa shape index (κ3) is 3.81. The predicted molar refractivity (Wildman–Crippen MR) is 80.0 cm³/mol. The summed E-state index contributed by atoms with van der Waals surface area (Å²) in [6.07, 6.45) is 2.03. The predicted octanol–water partition coefficient (Wildman–Crippen LogP) is 4.42. The average molecular weight is 362 g/mol. The van der Waals surface area contributed by atoms with Crippen LogP contribution in [0, 0.1) is 0 Å². The van der Waals surface area contributed by atoms with Gasteiger partial charge in [0.05, 0.1) is 12.5 Å². The van der Waals surface area contributed by atoms with Crippen LogP contribution in [0.4, 0.5) is 0 Å². The molecule has 6 heteroatoms. The third-order valence-corrected chi connectivity index (χ3v) is 3.94. The number of nitrogens with zero attached hydrogens (tertiary/aromatic N) is 2. The van der Waals surface area contributed by atoms with Crippen molar-refractivity contribution in [1.82, 2.24) is 9.97 Å². The molecule has 0 saturated heterocycles. The Hall–Kier alpha value is -0.840. The maximum atomic E-state index is 6.42. The summed E-state index contributed by atoms with van der Waals surface area (Å²) in [7, 11) is 1.57. The molecule has 1 aromatic heterocycles. The second kappa shape index (κ2) is 6.55. The second-order valence-electron chi connectivity index (χ2n) is 3.89. The Bertz CT molecular complexity index is 580. The molecule has 2 rings (SSSR count). The van der Waals surface area contributed by atoms with Crippen LogP contribution in [-0.2, 0) is 6.42 Å². The van der Waals surface area contributed by atoms with Gasteiger partial charge in [-0.25, -0.2) is 9.97 Å². The molecule has 1 unspecified atom stereocenters. The van der Waals surface area contributed by atoms with Crippen molar-refractivity contribution in [1.29, 1.82) is 0 Å². The fourth-order valence-corrected chi connectivity index (χ4v) is 2.82. The monoisotopic (exact) mass is 360 g/mol. The van der Waals surface area contributed by atoms with Crippen LogP contribution in [0.25, 0.3) is 0 Å². The second-order valence-corrected chi connectivity index (χ2v) is 5.71. The highest BCUT2D eigenvalue weighted by atomic mass is 79.9. The lowest BCUT2D eigenvalue weighted by Gasteiger charge is -2.12. The minimum Gasteiger partial charge on any atom is -0.481 e. The summed E-state index contributed by atoms with van der Waals surface area (Å²) >= 11 is 15.9. The summed E-state index contributed by atoms with van der Waals surface area (Å²) in [5.41, 5.74) is 1.76. The molecule has 3 nitrogen and oxygen atoms in total. The number of rotatable bonds is 4. The maximum Gasteiger partial charge on any atom is 0.216 e. The number of aromatic nitrogens is 2. The average Bonchev–Trinajstić information content (AvgIpc) is 2.41. The molecule has 0 radical (unpaired) electrons. The lowest BCUT2D eigenvalue weighted by Crippen LogP contribution is -2.00. The summed E-state index contributed by atoms with van der Waals surface area (Å²) in [6, 6.07) is 7.32. The molecule has 19 heavy (non-hydrogen) atoms. The van der Waals surface area contributed by atoms with Gasteiger partial charge < -0.3 is 4.74 Å². The van der Waals surface area contributed by atoms with Gasteiger partial charge in [0.2, 0.25) is 5.88 Å². The molecule has 100 valence electrons. The lowest BCUT2D eigenvalue weighted by atomic mass is 10.1. The number of ether oxygens (including phenoxy) is 1. The van der Waals surface area contributed by atoms with E-state index < -0.39 is 0 Å². The van der Waals surface area contributed by atoms with Crippen LogP contribution in [0.5, 0.6) is 5.88 Å². The summed E-state index contributed by atoms with van der Waals surface area (Å²) in [5, 5.41) is 0.428. The standard InChI is InChI=1S/C13H11BrCl2N2O/c1-19-13-6-9(17-7-18-13)5-12(16)10-4-8(15)2-3-11(10)14/h2-4,6-7,12H,5H2,1H3. The van der Waals surface area contributed by atoms with Crippen LogP contribution in [0.2, 0.25) is 5.02 Å². The first-order valence-electron chi connectivity index (χ1n) is 5.54.